The molecule has 7 nitrogen and oxygen atoms in total. The number of hydrogen-bond donors (Lipinski definition) is 1. The van der Waals surface area contributed by atoms with E-state index in [1.807, 2.05) is 60.7 Å². The predicted molar refractivity (Wildman–Crippen MR) is 134 cm³/mol. The van der Waals surface area contributed by atoms with Crippen LogP contribution in [0.3, 0.4) is 0 Å². The zero-order valence-electron chi connectivity index (χ0n) is 19.6. The lowest BCUT2D eigenvalue weighted by Crippen LogP contribution is -2.25. The van der Waals surface area contributed by atoms with Gasteiger partial charge >= 0.3 is 0 Å². The molecule has 1 fully saturated rings. The maximum atomic E-state index is 12.9. The lowest BCUT2D eigenvalue weighted by molar-refractivity contribution is 0.0815. The Morgan fingerprint density at radius 1 is 1.09 bits per heavy atom. The molecule has 1 N–H and O–H groups in total. The van der Waals surface area contributed by atoms with Crippen molar-refractivity contribution in [2.45, 2.75) is 38.3 Å². The molecule has 0 radical (unpaired) electrons. The summed E-state index contributed by atoms with van der Waals surface area (Å²) in [6.45, 7) is 0.527. The average Bonchev–Trinajstić information content (AvgIpc) is 3.51. The highest BCUT2D eigenvalue weighted by Crippen LogP contribution is 2.35. The van der Waals surface area contributed by atoms with Crippen LogP contribution in [-0.2, 0) is 6.61 Å². The minimum Gasteiger partial charge on any atom is -0.489 e. The molecule has 1 aliphatic carbocycles. The number of amides is 1. The van der Waals surface area contributed by atoms with Gasteiger partial charge in [-0.15, -0.1) is 0 Å². The van der Waals surface area contributed by atoms with Crippen LogP contribution in [0.4, 0.5) is 11.6 Å². The van der Waals surface area contributed by atoms with Gasteiger partial charge in [-0.25, -0.2) is 4.98 Å². The van der Waals surface area contributed by atoms with Crippen LogP contribution in [-0.4, -0.2) is 39.4 Å². The summed E-state index contributed by atoms with van der Waals surface area (Å²) in [4.78, 5) is 23.8. The number of anilines is 2. The van der Waals surface area contributed by atoms with E-state index < -0.39 is 0 Å². The maximum Gasteiger partial charge on any atom is 0.270 e. The first-order chi connectivity index (χ1) is 16.6. The number of carbonyl (C=O) groups excluding carboxylic acids is 1. The van der Waals surface area contributed by atoms with Crippen LogP contribution >= 0.6 is 0 Å². The number of nitrogens with zero attached hydrogens (tertiary/aromatic N) is 4. The van der Waals surface area contributed by atoms with Crippen molar-refractivity contribution in [3.8, 4) is 5.75 Å². The SMILES string of the molecule is CN(C)C(=O)c1cc2cnc(Nc3ccc(OCc4ccccc4)cc3)nc2n1C1CCCC1. The second kappa shape index (κ2) is 9.55. The van der Waals surface area contributed by atoms with E-state index in [-0.39, 0.29) is 5.91 Å². The highest BCUT2D eigenvalue weighted by atomic mass is 16.5. The molecule has 0 atom stereocenters. The molecule has 0 spiro atoms. The van der Waals surface area contributed by atoms with Gasteiger partial charge in [0.1, 0.15) is 23.7 Å². The Kier molecular flexibility index (Phi) is 6.16. The Morgan fingerprint density at radius 3 is 2.53 bits per heavy atom. The van der Waals surface area contributed by atoms with E-state index >= 15 is 0 Å². The average molecular weight is 456 g/mol. The fourth-order valence-electron chi connectivity index (χ4n) is 4.50. The fraction of sp³-hybridized carbons (Fsp3) is 0.296. The minimum absolute atomic E-state index is 0.00880. The summed E-state index contributed by atoms with van der Waals surface area (Å²) in [5, 5.41) is 4.17. The van der Waals surface area contributed by atoms with Gasteiger partial charge in [-0.1, -0.05) is 43.2 Å². The highest BCUT2D eigenvalue weighted by molar-refractivity contribution is 5.97. The number of carbonyl (C=O) groups is 1. The Bertz CT molecular complexity index is 1280. The van der Waals surface area contributed by atoms with Gasteiger partial charge in [0.15, 0.2) is 0 Å². The lowest BCUT2D eigenvalue weighted by Gasteiger charge is -2.19. The van der Waals surface area contributed by atoms with Crippen molar-refractivity contribution in [2.24, 2.45) is 0 Å². The van der Waals surface area contributed by atoms with E-state index in [1.54, 1.807) is 25.2 Å². The fourth-order valence-corrected chi connectivity index (χ4v) is 4.50. The van der Waals surface area contributed by atoms with E-state index in [2.05, 4.69) is 14.9 Å². The number of nitrogens with one attached hydrogen (secondary N) is 1. The van der Waals surface area contributed by atoms with Crippen molar-refractivity contribution in [3.05, 3.63) is 78.1 Å². The highest BCUT2D eigenvalue weighted by Gasteiger charge is 2.26. The Labute approximate surface area is 199 Å². The second-order valence-corrected chi connectivity index (χ2v) is 8.93. The van der Waals surface area contributed by atoms with Crippen LogP contribution in [0.15, 0.2) is 66.9 Å². The Morgan fingerprint density at radius 2 is 1.82 bits per heavy atom. The molecule has 7 heteroatoms. The first-order valence-corrected chi connectivity index (χ1v) is 11.7. The molecule has 1 saturated carbocycles. The summed E-state index contributed by atoms with van der Waals surface area (Å²) < 4.78 is 8.00. The number of hydrogen-bond acceptors (Lipinski definition) is 5. The molecule has 0 aliphatic heterocycles. The molecule has 2 aromatic heterocycles. The van der Waals surface area contributed by atoms with Gasteiger partial charge in [0, 0.05) is 37.4 Å². The number of ether oxygens (including phenoxy) is 1. The molecule has 0 saturated heterocycles. The van der Waals surface area contributed by atoms with E-state index in [0.29, 0.717) is 24.3 Å². The van der Waals surface area contributed by atoms with E-state index in [4.69, 9.17) is 9.72 Å². The van der Waals surface area contributed by atoms with Crippen LogP contribution in [0, 0.1) is 0 Å². The normalized spacial score (nSPS) is 13.8. The molecule has 1 aliphatic rings. The summed E-state index contributed by atoms with van der Waals surface area (Å²) >= 11 is 0. The van der Waals surface area contributed by atoms with E-state index in [1.165, 1.54) is 12.8 Å². The number of rotatable bonds is 7. The molecular weight excluding hydrogens is 426 g/mol. The third kappa shape index (κ3) is 4.59. The van der Waals surface area contributed by atoms with E-state index in [0.717, 1.165) is 40.9 Å². The Balaban J connectivity index is 1.36. The van der Waals surface area contributed by atoms with Crippen LogP contribution in [0.25, 0.3) is 11.0 Å². The van der Waals surface area contributed by atoms with E-state index in [9.17, 15) is 4.79 Å². The van der Waals surface area contributed by atoms with Crippen molar-refractivity contribution < 1.29 is 9.53 Å². The molecule has 1 amide bonds. The van der Waals surface area contributed by atoms with Gasteiger partial charge in [0.25, 0.3) is 5.91 Å². The zero-order valence-corrected chi connectivity index (χ0v) is 19.6. The number of benzene rings is 2. The molecule has 174 valence electrons. The third-order valence-corrected chi connectivity index (χ3v) is 6.25. The molecular formula is C27H29N5O2. The van der Waals surface area contributed by atoms with Gasteiger partial charge in [-0.3, -0.25) is 4.79 Å². The summed E-state index contributed by atoms with van der Waals surface area (Å²) in [6, 6.07) is 20.1. The first kappa shape index (κ1) is 21.9. The molecule has 34 heavy (non-hydrogen) atoms. The van der Waals surface area contributed by atoms with Gasteiger partial charge < -0.3 is 19.5 Å². The standard InChI is InChI=1S/C27H29N5O2/c1-31(2)26(33)24-16-20-17-28-27(30-25(20)32(24)22-10-6-7-11-22)29-21-12-14-23(15-13-21)34-18-19-8-4-3-5-9-19/h3-5,8-9,12-17,22H,6-7,10-11,18H2,1-2H3,(H,28,29,30). The molecule has 2 heterocycles. The first-order valence-electron chi connectivity index (χ1n) is 11.7. The molecule has 0 unspecified atom stereocenters. The van der Waals surface area contributed by atoms with Crippen LogP contribution in [0.2, 0.25) is 0 Å². The smallest absolute Gasteiger partial charge is 0.270 e. The largest absolute Gasteiger partial charge is 0.489 e. The molecule has 0 bridgehead atoms. The van der Waals surface area contributed by atoms with Gasteiger partial charge in [0.2, 0.25) is 5.95 Å². The quantitative estimate of drug-likeness (QED) is 0.394. The summed E-state index contributed by atoms with van der Waals surface area (Å²) in [5.74, 6) is 1.30. The molecule has 2 aromatic carbocycles. The van der Waals surface area contributed by atoms with Crippen molar-refractivity contribution in [1.29, 1.82) is 0 Å². The second-order valence-electron chi connectivity index (χ2n) is 8.93. The van der Waals surface area contributed by atoms with Gasteiger partial charge in [-0.2, -0.15) is 4.98 Å². The van der Waals surface area contributed by atoms with Crippen molar-refractivity contribution >= 4 is 28.6 Å². The lowest BCUT2D eigenvalue weighted by atomic mass is 10.2. The number of aromatic nitrogens is 3. The van der Waals surface area contributed by atoms with Crippen molar-refractivity contribution in [1.82, 2.24) is 19.4 Å². The Hall–Kier alpha value is -3.87. The van der Waals surface area contributed by atoms with Crippen LogP contribution in [0.1, 0.15) is 47.8 Å². The minimum atomic E-state index is -0.00880. The topological polar surface area (TPSA) is 72.3 Å². The summed E-state index contributed by atoms with van der Waals surface area (Å²) in [6.07, 6.45) is 6.27. The molecule has 4 aromatic rings. The monoisotopic (exact) mass is 455 g/mol. The zero-order chi connectivity index (χ0) is 23.5. The summed E-state index contributed by atoms with van der Waals surface area (Å²) in [7, 11) is 3.57. The maximum absolute atomic E-state index is 12.9. The van der Waals surface area contributed by atoms with Gasteiger partial charge in [-0.05, 0) is 48.7 Å². The van der Waals surface area contributed by atoms with Crippen molar-refractivity contribution in [2.75, 3.05) is 19.4 Å². The predicted octanol–water partition coefficient (Wildman–Crippen LogP) is 5.57. The van der Waals surface area contributed by atoms with Crippen LogP contribution in [0.5, 0.6) is 5.75 Å². The van der Waals surface area contributed by atoms with Crippen molar-refractivity contribution in [3.63, 3.8) is 0 Å². The number of fused-ring (bicyclic) bond motifs is 1. The third-order valence-electron chi connectivity index (χ3n) is 6.25. The van der Waals surface area contributed by atoms with Crippen LogP contribution < -0.4 is 10.1 Å². The molecule has 5 rings (SSSR count). The summed E-state index contributed by atoms with van der Waals surface area (Å²) in [5.41, 5.74) is 3.48. The van der Waals surface area contributed by atoms with Gasteiger partial charge in [0.05, 0.1) is 0 Å².